The summed E-state index contributed by atoms with van der Waals surface area (Å²) in [5.74, 6) is 0. The van der Waals surface area contributed by atoms with E-state index in [2.05, 4.69) is 29.7 Å². The fourth-order valence-electron chi connectivity index (χ4n) is 0.0745. The van der Waals surface area contributed by atoms with Gasteiger partial charge in [0.1, 0.15) is 5.44 Å². The number of rotatable bonds is 2. The van der Waals surface area contributed by atoms with Crippen LogP contribution >= 0.6 is 25.5 Å². The van der Waals surface area contributed by atoms with Crippen molar-refractivity contribution in [1.29, 1.82) is 0 Å². The van der Waals surface area contributed by atoms with Gasteiger partial charge in [-0.05, 0) is 19.3 Å². The Hall–Kier alpha value is 0.660. The second-order valence-electron chi connectivity index (χ2n) is 0.968. The molecule has 0 radical (unpaired) electrons. The monoisotopic (exact) mass is 124 g/mol. The minimum Gasteiger partial charge on any atom is -0.305 e. The molecule has 3 heteroatoms. The molecule has 0 saturated heterocycles. The van der Waals surface area contributed by atoms with Gasteiger partial charge in [-0.2, -0.15) is 0 Å². The lowest BCUT2D eigenvalue weighted by Crippen LogP contribution is -1.92. The molecule has 38 valence electrons. The second-order valence-corrected chi connectivity index (χ2v) is 1.76. The Kier molecular flexibility index (Phi) is 4.26. The number of thiol groups is 2. The summed E-state index contributed by atoms with van der Waals surface area (Å²) in [5.41, 5.74) is -0.00617. The summed E-state index contributed by atoms with van der Waals surface area (Å²) in [6, 6.07) is 0. The molecule has 0 aliphatic heterocycles. The average Bonchev–Trinajstić information content (AvgIpc) is 1.65. The van der Waals surface area contributed by atoms with Gasteiger partial charge in [0, 0.05) is 0 Å². The van der Waals surface area contributed by atoms with E-state index < -0.39 is 0 Å². The highest BCUT2D eigenvalue weighted by Crippen LogP contribution is 2.02. The lowest BCUT2D eigenvalue weighted by atomic mass is 10.5. The maximum Gasteiger partial charge on any atom is 0.114 e. The van der Waals surface area contributed by atoms with Crippen LogP contribution in [0.3, 0.4) is 0 Å². The predicted molar refractivity (Wildman–Crippen MR) is 33.1 cm³/mol. The zero-order valence-corrected chi connectivity index (χ0v) is 5.38. The summed E-state index contributed by atoms with van der Waals surface area (Å²) < 4.78 is 4.46. The van der Waals surface area contributed by atoms with Gasteiger partial charge in [-0.25, -0.2) is 0 Å². The molecule has 0 aromatic rings. The molecule has 0 aliphatic rings. The fraction of sp³-hybridized carbons (Fsp3) is 1.00. The first kappa shape index (κ1) is 6.66. The van der Waals surface area contributed by atoms with Gasteiger partial charge >= 0.3 is 0 Å². The van der Waals surface area contributed by atoms with E-state index in [4.69, 9.17) is 0 Å². The van der Waals surface area contributed by atoms with E-state index in [1.54, 1.807) is 0 Å². The first-order valence-corrected chi connectivity index (χ1v) is 2.67. The summed E-state index contributed by atoms with van der Waals surface area (Å²) in [7, 11) is 0. The van der Waals surface area contributed by atoms with Gasteiger partial charge in [-0.15, -0.1) is 12.6 Å². The highest BCUT2D eigenvalue weighted by molar-refractivity contribution is 7.82. The Morgan fingerprint density at radius 2 is 2.33 bits per heavy atom. The van der Waals surface area contributed by atoms with E-state index in [0.29, 0.717) is 0 Å². The van der Waals surface area contributed by atoms with E-state index in [-0.39, 0.29) is 5.44 Å². The van der Waals surface area contributed by atoms with Crippen molar-refractivity contribution in [3.63, 3.8) is 0 Å². The van der Waals surface area contributed by atoms with Gasteiger partial charge in [-0.3, -0.25) is 0 Å². The molecule has 1 nitrogen and oxygen atoms in total. The highest BCUT2D eigenvalue weighted by atomic mass is 32.1. The molecule has 0 aromatic heterocycles. The van der Waals surface area contributed by atoms with E-state index in [1.165, 1.54) is 0 Å². The van der Waals surface area contributed by atoms with Crippen molar-refractivity contribution < 1.29 is 4.18 Å². The summed E-state index contributed by atoms with van der Waals surface area (Å²) in [6.45, 7) is 1.98. The van der Waals surface area contributed by atoms with Gasteiger partial charge in [0.25, 0.3) is 0 Å². The predicted octanol–water partition coefficient (Wildman–Crippen LogP) is 1.51. The van der Waals surface area contributed by atoms with Crippen LogP contribution in [0.5, 0.6) is 0 Å². The van der Waals surface area contributed by atoms with Crippen LogP contribution in [0.1, 0.15) is 13.3 Å². The molecule has 1 unspecified atom stereocenters. The summed E-state index contributed by atoms with van der Waals surface area (Å²) in [5, 5.41) is 0. The van der Waals surface area contributed by atoms with Gasteiger partial charge in [-0.1, -0.05) is 6.92 Å². The molecule has 0 fully saturated rings. The maximum absolute atomic E-state index is 4.46. The maximum atomic E-state index is 4.46. The van der Waals surface area contributed by atoms with Crippen LogP contribution < -0.4 is 0 Å². The number of hydrogen-bond acceptors (Lipinski definition) is 3. The molecule has 6 heavy (non-hydrogen) atoms. The molecule has 0 spiro atoms. The largest absolute Gasteiger partial charge is 0.305 e. The van der Waals surface area contributed by atoms with Crippen molar-refractivity contribution in [2.24, 2.45) is 0 Å². The molecule has 0 bridgehead atoms. The van der Waals surface area contributed by atoms with Crippen molar-refractivity contribution in [3.8, 4) is 0 Å². The first-order chi connectivity index (χ1) is 2.81. The normalized spacial score (nSPS) is 14.5. The quantitative estimate of drug-likeness (QED) is 0.322. The van der Waals surface area contributed by atoms with Crippen molar-refractivity contribution in [1.82, 2.24) is 0 Å². The highest BCUT2D eigenvalue weighted by Gasteiger charge is 1.90. The molecule has 0 heterocycles. The van der Waals surface area contributed by atoms with Crippen LogP contribution in [0.2, 0.25) is 0 Å². The Balaban J connectivity index is 2.75. The third-order valence-electron chi connectivity index (χ3n) is 0.471. The summed E-state index contributed by atoms with van der Waals surface area (Å²) in [6.07, 6.45) is 0.895. The van der Waals surface area contributed by atoms with Gasteiger partial charge in [0.15, 0.2) is 0 Å². The first-order valence-electron chi connectivity index (χ1n) is 1.79. The van der Waals surface area contributed by atoms with Crippen LogP contribution in [-0.2, 0) is 4.18 Å². The van der Waals surface area contributed by atoms with E-state index in [1.807, 2.05) is 6.92 Å². The Bertz CT molecular complexity index is 28.0. The molecular weight excluding hydrogens is 116 g/mol. The minimum atomic E-state index is -0.00617. The third-order valence-corrected chi connectivity index (χ3v) is 1.36. The zero-order valence-electron chi connectivity index (χ0n) is 3.59. The van der Waals surface area contributed by atoms with Crippen LogP contribution in [0.4, 0.5) is 0 Å². The van der Waals surface area contributed by atoms with E-state index in [0.717, 1.165) is 6.42 Å². The number of hydrogen-bond donors (Lipinski definition) is 2. The Morgan fingerprint density at radius 3 is 2.33 bits per heavy atom. The molecular formula is C3H8OS2. The summed E-state index contributed by atoms with van der Waals surface area (Å²) in [4.78, 5) is 0. The third kappa shape index (κ3) is 2.87. The van der Waals surface area contributed by atoms with Crippen molar-refractivity contribution in [2.45, 2.75) is 18.8 Å². The van der Waals surface area contributed by atoms with Gasteiger partial charge < -0.3 is 4.18 Å². The van der Waals surface area contributed by atoms with Crippen molar-refractivity contribution in [2.75, 3.05) is 0 Å². The van der Waals surface area contributed by atoms with Crippen LogP contribution in [0, 0.1) is 0 Å². The van der Waals surface area contributed by atoms with Crippen molar-refractivity contribution in [3.05, 3.63) is 0 Å². The van der Waals surface area contributed by atoms with Crippen molar-refractivity contribution >= 4 is 25.5 Å². The smallest absolute Gasteiger partial charge is 0.114 e. The molecule has 0 N–H and O–H groups in total. The average molecular weight is 124 g/mol. The summed E-state index contributed by atoms with van der Waals surface area (Å²) >= 11 is 7.45. The van der Waals surface area contributed by atoms with Crippen LogP contribution in [-0.4, -0.2) is 5.44 Å². The molecule has 0 aromatic carbocycles. The second kappa shape index (κ2) is 3.84. The molecule has 0 aliphatic carbocycles. The SMILES string of the molecule is CCC(S)OS. The van der Waals surface area contributed by atoms with E-state index >= 15 is 0 Å². The molecule has 0 rings (SSSR count). The Labute approximate surface area is 49.1 Å². The fourth-order valence-corrected chi connectivity index (χ4v) is 0.224. The van der Waals surface area contributed by atoms with Crippen LogP contribution in [0.25, 0.3) is 0 Å². The lowest BCUT2D eigenvalue weighted by molar-refractivity contribution is 0.345. The standard InChI is InChI=1S/C3H8OS2/c1-2-3(5)4-6/h3,5-6H,2H2,1H3. The minimum absolute atomic E-state index is 0.00617. The Morgan fingerprint density at radius 1 is 1.83 bits per heavy atom. The molecule has 0 amide bonds. The van der Waals surface area contributed by atoms with E-state index in [9.17, 15) is 0 Å². The van der Waals surface area contributed by atoms with Gasteiger partial charge in [0.2, 0.25) is 0 Å². The van der Waals surface area contributed by atoms with Crippen LogP contribution in [0.15, 0.2) is 0 Å². The zero-order chi connectivity index (χ0) is 4.99. The lowest BCUT2D eigenvalue weighted by Gasteiger charge is -1.98. The topological polar surface area (TPSA) is 9.23 Å². The van der Waals surface area contributed by atoms with Gasteiger partial charge in [0.05, 0.1) is 0 Å². The molecule has 1 atom stereocenters. The molecule has 0 saturated carbocycles.